The van der Waals surface area contributed by atoms with Gasteiger partial charge in [0.1, 0.15) is 11.9 Å². The number of hydrogen-bond acceptors (Lipinski definition) is 3. The average molecular weight is 311 g/mol. The number of benzene rings is 1. The second-order valence-electron chi connectivity index (χ2n) is 6.09. The molecule has 0 saturated heterocycles. The van der Waals surface area contributed by atoms with E-state index >= 15 is 0 Å². The Morgan fingerprint density at radius 1 is 1.38 bits per heavy atom. The maximum atomic E-state index is 6.07. The minimum Gasteiger partial charge on any atom is -0.489 e. The second kappa shape index (κ2) is 8.02. The quantitative estimate of drug-likeness (QED) is 0.613. The molecule has 118 valence electrons. The molecule has 21 heavy (non-hydrogen) atoms. The van der Waals surface area contributed by atoms with Gasteiger partial charge in [-0.2, -0.15) is 0 Å². The summed E-state index contributed by atoms with van der Waals surface area (Å²) < 4.78 is 6.07. The van der Waals surface area contributed by atoms with Gasteiger partial charge in [0.05, 0.1) is 6.04 Å². The number of nitrogens with two attached hydrogens (primary N) is 1. The third-order valence-electron chi connectivity index (χ3n) is 4.77. The van der Waals surface area contributed by atoms with E-state index in [-0.39, 0.29) is 12.1 Å². The van der Waals surface area contributed by atoms with Gasteiger partial charge in [0.25, 0.3) is 0 Å². The molecule has 1 aliphatic carbocycles. The van der Waals surface area contributed by atoms with Crippen LogP contribution in [0.5, 0.6) is 5.75 Å². The van der Waals surface area contributed by atoms with E-state index in [0.717, 1.165) is 11.7 Å². The first-order valence-corrected chi connectivity index (χ1v) is 8.41. The van der Waals surface area contributed by atoms with E-state index in [9.17, 15) is 0 Å². The number of rotatable bonds is 6. The summed E-state index contributed by atoms with van der Waals surface area (Å²) in [6.45, 7) is 4.37. The topological polar surface area (TPSA) is 47.3 Å². The van der Waals surface area contributed by atoms with Crippen molar-refractivity contribution < 1.29 is 4.74 Å². The van der Waals surface area contributed by atoms with Crippen LogP contribution >= 0.6 is 11.6 Å². The van der Waals surface area contributed by atoms with Gasteiger partial charge in [-0.3, -0.25) is 11.3 Å². The maximum absolute atomic E-state index is 6.07. The smallest absolute Gasteiger partial charge is 0.121 e. The molecule has 0 aromatic heterocycles. The molecular weight excluding hydrogens is 284 g/mol. The predicted octanol–water partition coefficient (Wildman–Crippen LogP) is 4.16. The summed E-state index contributed by atoms with van der Waals surface area (Å²) in [5, 5.41) is 0.695. The van der Waals surface area contributed by atoms with Crippen molar-refractivity contribution in [3.05, 3.63) is 29.3 Å². The molecule has 0 bridgehead atoms. The molecule has 1 saturated carbocycles. The summed E-state index contributed by atoms with van der Waals surface area (Å²) >= 11 is 6.02. The molecule has 0 amide bonds. The number of hydrogen-bond donors (Lipinski definition) is 2. The fourth-order valence-electron chi connectivity index (χ4n) is 3.65. The maximum Gasteiger partial charge on any atom is 0.121 e. The first kappa shape index (κ1) is 16.6. The lowest BCUT2D eigenvalue weighted by Gasteiger charge is -2.39. The van der Waals surface area contributed by atoms with Gasteiger partial charge in [0.2, 0.25) is 0 Å². The highest BCUT2D eigenvalue weighted by Crippen LogP contribution is 2.36. The molecule has 3 N–H and O–H groups in total. The number of ether oxygens (including phenoxy) is 1. The largest absolute Gasteiger partial charge is 0.489 e. The molecule has 3 nitrogen and oxygen atoms in total. The molecule has 1 aromatic rings. The van der Waals surface area contributed by atoms with E-state index in [1.165, 1.54) is 32.1 Å². The lowest BCUT2D eigenvalue weighted by Crippen LogP contribution is -2.52. The molecule has 0 aliphatic heterocycles. The molecule has 0 spiro atoms. The van der Waals surface area contributed by atoms with Gasteiger partial charge in [-0.15, -0.1) is 0 Å². The molecule has 1 aliphatic rings. The van der Waals surface area contributed by atoms with Crippen molar-refractivity contribution in [1.29, 1.82) is 0 Å². The van der Waals surface area contributed by atoms with E-state index in [4.69, 9.17) is 22.2 Å². The van der Waals surface area contributed by atoms with Crippen molar-refractivity contribution >= 4 is 11.6 Å². The predicted molar refractivity (Wildman–Crippen MR) is 88.4 cm³/mol. The van der Waals surface area contributed by atoms with Gasteiger partial charge in [0, 0.05) is 5.02 Å². The number of hydrazine groups is 1. The molecule has 2 rings (SSSR count). The highest BCUT2D eigenvalue weighted by atomic mass is 35.5. The van der Waals surface area contributed by atoms with Crippen LogP contribution in [-0.2, 0) is 0 Å². The first-order valence-electron chi connectivity index (χ1n) is 8.04. The van der Waals surface area contributed by atoms with Crippen LogP contribution < -0.4 is 16.0 Å². The molecule has 4 heteroatoms. The van der Waals surface area contributed by atoms with Crippen molar-refractivity contribution in [2.45, 2.75) is 58.1 Å². The molecular formula is C17H27ClN2O. The zero-order valence-electron chi connectivity index (χ0n) is 13.0. The van der Waals surface area contributed by atoms with Crippen LogP contribution in [0, 0.1) is 11.8 Å². The van der Waals surface area contributed by atoms with Crippen LogP contribution in [0.2, 0.25) is 5.02 Å². The van der Waals surface area contributed by atoms with Crippen LogP contribution in [-0.4, -0.2) is 12.1 Å². The fraction of sp³-hybridized carbons (Fsp3) is 0.647. The van der Waals surface area contributed by atoms with Crippen LogP contribution in [0.1, 0.15) is 46.0 Å². The van der Waals surface area contributed by atoms with Crippen molar-refractivity contribution in [3.63, 3.8) is 0 Å². The minimum atomic E-state index is 0.0191. The van der Waals surface area contributed by atoms with Crippen LogP contribution in [0.4, 0.5) is 0 Å². The Kier molecular flexibility index (Phi) is 6.34. The third-order valence-corrected chi connectivity index (χ3v) is 5.00. The summed E-state index contributed by atoms with van der Waals surface area (Å²) in [6, 6.07) is 7.73. The van der Waals surface area contributed by atoms with Crippen LogP contribution in [0.25, 0.3) is 0 Å². The van der Waals surface area contributed by atoms with Gasteiger partial charge >= 0.3 is 0 Å². The summed E-state index contributed by atoms with van der Waals surface area (Å²) in [5.41, 5.74) is 3.01. The van der Waals surface area contributed by atoms with E-state index in [0.29, 0.717) is 10.9 Å². The van der Waals surface area contributed by atoms with Crippen LogP contribution in [0.3, 0.4) is 0 Å². The molecule has 0 radical (unpaired) electrons. The summed E-state index contributed by atoms with van der Waals surface area (Å²) in [6.07, 6.45) is 6.41. The van der Waals surface area contributed by atoms with Crippen molar-refractivity contribution in [3.8, 4) is 5.75 Å². The van der Waals surface area contributed by atoms with E-state index in [1.807, 2.05) is 24.3 Å². The zero-order valence-corrected chi connectivity index (χ0v) is 13.8. The third kappa shape index (κ3) is 4.35. The Morgan fingerprint density at radius 3 is 2.81 bits per heavy atom. The summed E-state index contributed by atoms with van der Waals surface area (Å²) in [4.78, 5) is 0. The molecule has 1 fully saturated rings. The Labute approximate surface area is 133 Å². The first-order chi connectivity index (χ1) is 10.2. The van der Waals surface area contributed by atoms with E-state index < -0.39 is 0 Å². The normalized spacial score (nSPS) is 25.3. The monoisotopic (exact) mass is 310 g/mol. The Bertz CT molecular complexity index is 441. The summed E-state index contributed by atoms with van der Waals surface area (Å²) in [5.74, 6) is 7.98. The van der Waals surface area contributed by atoms with Gasteiger partial charge in [-0.25, -0.2) is 0 Å². The Hall–Kier alpha value is -0.770. The van der Waals surface area contributed by atoms with Crippen molar-refractivity contribution in [1.82, 2.24) is 5.43 Å². The number of halogens is 1. The standard InChI is InChI=1S/C17H27ClN2O/c1-3-13-7-4-5-10-16(13)17(20-19)12(2)21-15-9-6-8-14(18)11-15/h6,8-9,11-13,16-17,20H,3-5,7,10,19H2,1-2H3. The minimum absolute atomic E-state index is 0.0191. The Morgan fingerprint density at radius 2 is 2.14 bits per heavy atom. The fourth-order valence-corrected chi connectivity index (χ4v) is 3.83. The highest BCUT2D eigenvalue weighted by Gasteiger charge is 2.34. The van der Waals surface area contributed by atoms with Crippen molar-refractivity contribution in [2.75, 3.05) is 0 Å². The number of nitrogens with one attached hydrogen (secondary N) is 1. The van der Waals surface area contributed by atoms with Gasteiger partial charge < -0.3 is 4.74 Å². The zero-order chi connectivity index (χ0) is 15.2. The lowest BCUT2D eigenvalue weighted by atomic mass is 9.73. The Balaban J connectivity index is 2.05. The molecule has 0 heterocycles. The van der Waals surface area contributed by atoms with Crippen LogP contribution in [0.15, 0.2) is 24.3 Å². The molecule has 4 atom stereocenters. The van der Waals surface area contributed by atoms with Gasteiger partial charge in [-0.1, -0.05) is 50.3 Å². The average Bonchev–Trinajstić information content (AvgIpc) is 2.48. The van der Waals surface area contributed by atoms with E-state index in [1.54, 1.807) is 0 Å². The van der Waals surface area contributed by atoms with Gasteiger partial charge in [-0.05, 0) is 43.4 Å². The molecule has 4 unspecified atom stereocenters. The highest BCUT2D eigenvalue weighted by molar-refractivity contribution is 6.30. The molecule has 1 aromatic carbocycles. The van der Waals surface area contributed by atoms with Gasteiger partial charge in [0.15, 0.2) is 0 Å². The summed E-state index contributed by atoms with van der Waals surface area (Å²) in [7, 11) is 0. The second-order valence-corrected chi connectivity index (χ2v) is 6.53. The SMILES string of the molecule is CCC1CCCCC1C(NN)C(C)Oc1cccc(Cl)c1. The van der Waals surface area contributed by atoms with Crippen molar-refractivity contribution in [2.24, 2.45) is 17.7 Å². The lowest BCUT2D eigenvalue weighted by molar-refractivity contribution is 0.0841. The van der Waals surface area contributed by atoms with E-state index in [2.05, 4.69) is 19.3 Å².